The van der Waals surface area contributed by atoms with Crippen LogP contribution in [-0.4, -0.2) is 35.6 Å². The van der Waals surface area contributed by atoms with Gasteiger partial charge in [-0.15, -0.1) is 10.2 Å². The number of nitrogens with zero attached hydrogens (tertiary/aromatic N) is 6. The summed E-state index contributed by atoms with van der Waals surface area (Å²) in [5, 5.41) is 27.0. The van der Waals surface area contributed by atoms with E-state index in [0.29, 0.717) is 34.0 Å². The maximum absolute atomic E-state index is 12.7. The molecule has 5 aromatic rings. The molecule has 34 heavy (non-hydrogen) atoms. The molecule has 1 N–H and O–H groups in total. The zero-order valence-electron chi connectivity index (χ0n) is 17.9. The molecule has 0 saturated heterocycles. The van der Waals surface area contributed by atoms with E-state index in [4.69, 9.17) is 5.10 Å². The summed E-state index contributed by atoms with van der Waals surface area (Å²) in [7, 11) is 0. The fourth-order valence-electron chi connectivity index (χ4n) is 3.58. The standard InChI is InChI=1S/C24H17N7O3/c1-15-13-18(5-7-21(15)31(33)34)24(32)26-19-4-2-3-17(14-19)20-6-8-22-27-28-23(30(22)29-20)16-9-11-25-12-10-16/h2-14H,1H3,(H,26,32). The Balaban J connectivity index is 1.43. The summed E-state index contributed by atoms with van der Waals surface area (Å²) < 4.78 is 1.66. The highest BCUT2D eigenvalue weighted by Gasteiger charge is 2.15. The molecule has 0 spiro atoms. The minimum absolute atomic E-state index is 0.0276. The number of amides is 1. The summed E-state index contributed by atoms with van der Waals surface area (Å²) in [5.74, 6) is 0.231. The number of carbonyl (C=O) groups is 1. The van der Waals surface area contributed by atoms with Crippen LogP contribution in [-0.2, 0) is 0 Å². The minimum atomic E-state index is -0.472. The van der Waals surface area contributed by atoms with Crippen LogP contribution in [0.25, 0.3) is 28.3 Å². The van der Waals surface area contributed by atoms with Gasteiger partial charge in [-0.3, -0.25) is 19.9 Å². The van der Waals surface area contributed by atoms with Gasteiger partial charge in [0.1, 0.15) is 0 Å². The number of nitro benzene ring substituents is 1. The Hall–Kier alpha value is -4.99. The van der Waals surface area contributed by atoms with Gasteiger partial charge in [0.15, 0.2) is 11.5 Å². The molecule has 3 aromatic heterocycles. The number of benzene rings is 2. The largest absolute Gasteiger partial charge is 0.322 e. The molecule has 5 rings (SSSR count). The van der Waals surface area contributed by atoms with Crippen molar-refractivity contribution in [3.8, 4) is 22.6 Å². The highest BCUT2D eigenvalue weighted by molar-refractivity contribution is 6.04. The number of hydrogen-bond donors (Lipinski definition) is 1. The second kappa shape index (κ2) is 8.51. The average molecular weight is 451 g/mol. The highest BCUT2D eigenvalue weighted by atomic mass is 16.6. The summed E-state index contributed by atoms with van der Waals surface area (Å²) in [6.45, 7) is 1.60. The molecule has 166 valence electrons. The Morgan fingerprint density at radius 2 is 1.79 bits per heavy atom. The van der Waals surface area contributed by atoms with Crippen LogP contribution in [0.1, 0.15) is 15.9 Å². The molecule has 0 saturated carbocycles. The van der Waals surface area contributed by atoms with Crippen molar-refractivity contribution in [2.75, 3.05) is 5.32 Å². The van der Waals surface area contributed by atoms with E-state index in [1.165, 1.54) is 18.2 Å². The fraction of sp³-hybridized carbons (Fsp3) is 0.0417. The summed E-state index contributed by atoms with van der Waals surface area (Å²) in [4.78, 5) is 27.3. The van der Waals surface area contributed by atoms with Gasteiger partial charge in [0.05, 0.1) is 10.6 Å². The summed E-state index contributed by atoms with van der Waals surface area (Å²) in [5.41, 5.74) is 4.19. The van der Waals surface area contributed by atoms with Gasteiger partial charge in [0.25, 0.3) is 11.6 Å². The Labute approximate surface area is 193 Å². The molecule has 0 unspecified atom stereocenters. The molecular weight excluding hydrogens is 434 g/mol. The van der Waals surface area contributed by atoms with E-state index in [9.17, 15) is 14.9 Å². The highest BCUT2D eigenvalue weighted by Crippen LogP contribution is 2.24. The van der Waals surface area contributed by atoms with E-state index in [1.54, 1.807) is 36.0 Å². The molecule has 0 fully saturated rings. The van der Waals surface area contributed by atoms with Gasteiger partial charge in [-0.1, -0.05) is 12.1 Å². The summed E-state index contributed by atoms with van der Waals surface area (Å²) in [6, 6.07) is 18.9. The first-order chi connectivity index (χ1) is 16.5. The second-order valence-corrected chi connectivity index (χ2v) is 7.54. The van der Waals surface area contributed by atoms with Crippen molar-refractivity contribution in [2.45, 2.75) is 6.92 Å². The van der Waals surface area contributed by atoms with Gasteiger partial charge < -0.3 is 5.32 Å². The fourth-order valence-corrected chi connectivity index (χ4v) is 3.58. The number of aryl methyl sites for hydroxylation is 1. The molecule has 3 heterocycles. The SMILES string of the molecule is Cc1cc(C(=O)Nc2cccc(-c3ccc4nnc(-c5ccncc5)n4n3)c2)ccc1[N+](=O)[O-]. The number of fused-ring (bicyclic) bond motifs is 1. The van der Waals surface area contributed by atoms with Crippen molar-refractivity contribution in [1.82, 2.24) is 24.8 Å². The number of aromatic nitrogens is 5. The van der Waals surface area contributed by atoms with Crippen LogP contribution < -0.4 is 5.32 Å². The predicted octanol–water partition coefficient (Wildman–Crippen LogP) is 4.32. The first-order valence-electron chi connectivity index (χ1n) is 10.3. The molecule has 1 amide bonds. The second-order valence-electron chi connectivity index (χ2n) is 7.54. The molecule has 0 atom stereocenters. The number of nitrogens with one attached hydrogen (secondary N) is 1. The quantitative estimate of drug-likeness (QED) is 0.311. The Morgan fingerprint density at radius 3 is 2.56 bits per heavy atom. The van der Waals surface area contributed by atoms with Gasteiger partial charge in [-0.25, -0.2) is 0 Å². The first-order valence-corrected chi connectivity index (χ1v) is 10.3. The molecule has 0 aliphatic carbocycles. The van der Waals surface area contributed by atoms with Gasteiger partial charge in [-0.05, 0) is 55.5 Å². The van der Waals surface area contributed by atoms with Crippen molar-refractivity contribution in [3.05, 3.63) is 100 Å². The molecular formula is C24H17N7O3. The van der Waals surface area contributed by atoms with E-state index in [2.05, 4.69) is 20.5 Å². The topological polar surface area (TPSA) is 128 Å². The lowest BCUT2D eigenvalue weighted by atomic mass is 10.1. The molecule has 0 aliphatic heterocycles. The van der Waals surface area contributed by atoms with E-state index in [0.717, 1.165) is 11.1 Å². The maximum atomic E-state index is 12.7. The van der Waals surface area contributed by atoms with E-state index >= 15 is 0 Å². The Morgan fingerprint density at radius 1 is 0.971 bits per heavy atom. The molecule has 10 nitrogen and oxygen atoms in total. The van der Waals surface area contributed by atoms with Crippen LogP contribution >= 0.6 is 0 Å². The van der Waals surface area contributed by atoms with E-state index in [-0.39, 0.29) is 11.6 Å². The van der Waals surface area contributed by atoms with Crippen molar-refractivity contribution < 1.29 is 9.72 Å². The summed E-state index contributed by atoms with van der Waals surface area (Å²) in [6.07, 6.45) is 3.36. The molecule has 0 radical (unpaired) electrons. The molecule has 10 heteroatoms. The zero-order chi connectivity index (χ0) is 23.7. The van der Waals surface area contributed by atoms with Crippen LogP contribution in [0.3, 0.4) is 0 Å². The first kappa shape index (κ1) is 20.9. The van der Waals surface area contributed by atoms with Crippen LogP contribution in [0.2, 0.25) is 0 Å². The number of nitro groups is 1. The van der Waals surface area contributed by atoms with E-state index < -0.39 is 4.92 Å². The van der Waals surface area contributed by atoms with Crippen molar-refractivity contribution in [3.63, 3.8) is 0 Å². The number of anilines is 1. The monoisotopic (exact) mass is 451 g/mol. The Kier molecular flexibility index (Phi) is 5.23. The lowest BCUT2D eigenvalue weighted by molar-refractivity contribution is -0.385. The van der Waals surface area contributed by atoms with Crippen molar-refractivity contribution in [2.24, 2.45) is 0 Å². The number of carbonyl (C=O) groups excluding carboxylic acids is 1. The predicted molar refractivity (Wildman–Crippen MR) is 125 cm³/mol. The van der Waals surface area contributed by atoms with Gasteiger partial charge >= 0.3 is 0 Å². The van der Waals surface area contributed by atoms with Crippen molar-refractivity contribution >= 4 is 22.9 Å². The number of pyridine rings is 1. The van der Waals surface area contributed by atoms with Crippen LogP contribution in [0.15, 0.2) is 79.1 Å². The lowest BCUT2D eigenvalue weighted by Gasteiger charge is -2.09. The van der Waals surface area contributed by atoms with Crippen LogP contribution in [0, 0.1) is 17.0 Å². The normalized spacial score (nSPS) is 10.9. The number of rotatable bonds is 5. The molecule has 2 aromatic carbocycles. The third-order valence-corrected chi connectivity index (χ3v) is 5.27. The third-order valence-electron chi connectivity index (χ3n) is 5.27. The van der Waals surface area contributed by atoms with Gasteiger partial charge in [-0.2, -0.15) is 9.61 Å². The lowest BCUT2D eigenvalue weighted by Crippen LogP contribution is -2.12. The maximum Gasteiger partial charge on any atom is 0.272 e. The van der Waals surface area contributed by atoms with Gasteiger partial charge in [0.2, 0.25) is 0 Å². The Bertz CT molecular complexity index is 1550. The smallest absolute Gasteiger partial charge is 0.272 e. The van der Waals surface area contributed by atoms with Gasteiger partial charge in [0, 0.05) is 46.4 Å². The molecule has 0 aliphatic rings. The van der Waals surface area contributed by atoms with E-state index in [1.807, 2.05) is 36.4 Å². The minimum Gasteiger partial charge on any atom is -0.322 e. The van der Waals surface area contributed by atoms with Crippen LogP contribution in [0.5, 0.6) is 0 Å². The third kappa shape index (κ3) is 3.95. The number of hydrogen-bond acceptors (Lipinski definition) is 7. The average Bonchev–Trinajstić information content (AvgIpc) is 3.28. The van der Waals surface area contributed by atoms with Crippen LogP contribution in [0.4, 0.5) is 11.4 Å². The zero-order valence-corrected chi connectivity index (χ0v) is 17.9. The molecule has 0 bridgehead atoms. The summed E-state index contributed by atoms with van der Waals surface area (Å²) >= 11 is 0. The van der Waals surface area contributed by atoms with Crippen molar-refractivity contribution in [1.29, 1.82) is 0 Å².